The van der Waals surface area contributed by atoms with Gasteiger partial charge < -0.3 is 19.9 Å². The maximum Gasteiger partial charge on any atom is 0.263 e. The molecule has 43 heavy (non-hydrogen) atoms. The van der Waals surface area contributed by atoms with E-state index in [4.69, 9.17) is 4.74 Å². The van der Waals surface area contributed by atoms with Crippen molar-refractivity contribution >= 4 is 17.5 Å². The third-order valence-electron chi connectivity index (χ3n) is 8.25. The van der Waals surface area contributed by atoms with E-state index >= 15 is 4.39 Å². The first-order chi connectivity index (χ1) is 20.6. The second-order valence-corrected chi connectivity index (χ2v) is 11.0. The summed E-state index contributed by atoms with van der Waals surface area (Å²) in [5.41, 5.74) is 5.87. The number of hydrogen-bond donors (Lipinski definition) is 2. The first-order valence-electron chi connectivity index (χ1n) is 14.1. The zero-order valence-electron chi connectivity index (χ0n) is 25.0. The van der Waals surface area contributed by atoms with Gasteiger partial charge in [0, 0.05) is 50.0 Å². The summed E-state index contributed by atoms with van der Waals surface area (Å²) in [5, 5.41) is 5.72. The Kier molecular flexibility index (Phi) is 8.45. The molecule has 2 N–H and O–H groups in total. The van der Waals surface area contributed by atoms with Crippen LogP contribution in [0.2, 0.25) is 0 Å². The maximum atomic E-state index is 15.6. The van der Waals surface area contributed by atoms with Crippen molar-refractivity contribution in [3.05, 3.63) is 105 Å². The lowest BCUT2D eigenvalue weighted by atomic mass is 9.90. The molecule has 0 bridgehead atoms. The molecule has 1 atom stereocenters. The van der Waals surface area contributed by atoms with Gasteiger partial charge in [-0.1, -0.05) is 30.3 Å². The normalized spacial score (nSPS) is 14.6. The Bertz CT molecular complexity index is 1780. The van der Waals surface area contributed by atoms with Crippen LogP contribution in [0.1, 0.15) is 33.5 Å². The van der Waals surface area contributed by atoms with Gasteiger partial charge in [0.15, 0.2) is 0 Å². The number of aryl methyl sites for hydroxylation is 1. The van der Waals surface area contributed by atoms with Crippen molar-refractivity contribution < 1.29 is 18.7 Å². The van der Waals surface area contributed by atoms with Crippen LogP contribution in [0.15, 0.2) is 71.7 Å². The molecule has 1 unspecified atom stereocenters. The van der Waals surface area contributed by atoms with Gasteiger partial charge >= 0.3 is 0 Å². The van der Waals surface area contributed by atoms with Crippen molar-refractivity contribution in [3.8, 4) is 28.0 Å². The monoisotopic (exact) mass is 582 g/mol. The largest absolute Gasteiger partial charge is 0.496 e. The summed E-state index contributed by atoms with van der Waals surface area (Å²) >= 11 is 0. The van der Waals surface area contributed by atoms with Gasteiger partial charge in [-0.05, 0) is 84.6 Å². The third kappa shape index (κ3) is 5.94. The number of likely N-dealkylation sites (N-methyl/N-ethyl adjacent to an activating group) is 1. The minimum atomic E-state index is -0.476. The lowest BCUT2D eigenvalue weighted by Crippen LogP contribution is -2.33. The van der Waals surface area contributed by atoms with Gasteiger partial charge in [0.05, 0.1) is 7.11 Å². The second-order valence-electron chi connectivity index (χ2n) is 11.0. The molecular weight excluding hydrogens is 547 g/mol. The van der Waals surface area contributed by atoms with E-state index in [1.807, 2.05) is 62.2 Å². The number of benzene rings is 3. The van der Waals surface area contributed by atoms with Crippen molar-refractivity contribution in [2.24, 2.45) is 7.05 Å². The van der Waals surface area contributed by atoms with Crippen LogP contribution < -0.4 is 20.9 Å². The molecule has 222 valence electrons. The number of carbonyl (C=O) groups excluding carboxylic acids is 2. The highest BCUT2D eigenvalue weighted by molar-refractivity contribution is 6.05. The number of nitrogens with one attached hydrogen (secondary N) is 2. The summed E-state index contributed by atoms with van der Waals surface area (Å²) in [6, 6.07) is 18.0. The maximum absolute atomic E-state index is 15.6. The number of carbonyl (C=O) groups is 2. The van der Waals surface area contributed by atoms with Crippen LogP contribution in [0.4, 0.5) is 10.1 Å². The predicted molar refractivity (Wildman–Crippen MR) is 166 cm³/mol. The van der Waals surface area contributed by atoms with Crippen LogP contribution in [-0.2, 0) is 18.4 Å². The van der Waals surface area contributed by atoms with E-state index in [1.54, 1.807) is 25.4 Å². The molecule has 1 fully saturated rings. The lowest BCUT2D eigenvalue weighted by molar-refractivity contribution is -0.119. The Morgan fingerprint density at radius 1 is 1.05 bits per heavy atom. The minimum absolute atomic E-state index is 0.000112. The lowest BCUT2D eigenvalue weighted by Gasteiger charge is -2.24. The molecule has 4 aromatic rings. The van der Waals surface area contributed by atoms with E-state index in [0.29, 0.717) is 42.1 Å². The Balaban J connectivity index is 1.46. The molecule has 3 aromatic carbocycles. The van der Waals surface area contributed by atoms with Crippen LogP contribution in [-0.4, -0.2) is 48.0 Å². The summed E-state index contributed by atoms with van der Waals surface area (Å²) in [4.78, 5) is 39.1. The van der Waals surface area contributed by atoms with Crippen LogP contribution >= 0.6 is 0 Å². The van der Waals surface area contributed by atoms with E-state index in [0.717, 1.165) is 27.8 Å². The quantitative estimate of drug-likeness (QED) is 0.303. The van der Waals surface area contributed by atoms with Gasteiger partial charge in [0.1, 0.15) is 17.1 Å². The molecule has 0 spiro atoms. The number of ether oxygens (including phenoxy) is 1. The molecule has 5 rings (SSSR count). The van der Waals surface area contributed by atoms with Crippen molar-refractivity contribution in [1.82, 2.24) is 14.8 Å². The number of aromatic nitrogens is 1. The fraction of sp³-hybridized carbons (Fsp3) is 0.265. The number of methoxy groups -OCH3 is 1. The van der Waals surface area contributed by atoms with E-state index < -0.39 is 5.91 Å². The minimum Gasteiger partial charge on any atom is -0.496 e. The van der Waals surface area contributed by atoms with Gasteiger partial charge in [-0.3, -0.25) is 19.3 Å². The van der Waals surface area contributed by atoms with Gasteiger partial charge in [0.25, 0.3) is 11.5 Å². The van der Waals surface area contributed by atoms with Gasteiger partial charge in [-0.15, -0.1) is 0 Å². The number of amides is 2. The average Bonchev–Trinajstić information content (AvgIpc) is 3.43. The predicted octanol–water partition coefficient (Wildman–Crippen LogP) is 5.06. The van der Waals surface area contributed by atoms with E-state index in [-0.39, 0.29) is 28.9 Å². The highest BCUT2D eigenvalue weighted by Crippen LogP contribution is 2.38. The molecule has 0 radical (unpaired) electrons. The molecule has 2 heterocycles. The number of hydrogen-bond acceptors (Lipinski definition) is 5. The Morgan fingerprint density at radius 3 is 2.44 bits per heavy atom. The van der Waals surface area contributed by atoms with Crippen molar-refractivity contribution in [2.75, 3.05) is 26.0 Å². The fourth-order valence-electron chi connectivity index (χ4n) is 5.65. The number of anilines is 1. The first-order valence-corrected chi connectivity index (χ1v) is 14.1. The van der Waals surface area contributed by atoms with Crippen LogP contribution in [0, 0.1) is 19.7 Å². The summed E-state index contributed by atoms with van der Waals surface area (Å²) in [6.07, 6.45) is 1.99. The Morgan fingerprint density at radius 2 is 1.74 bits per heavy atom. The van der Waals surface area contributed by atoms with Crippen LogP contribution in [0.3, 0.4) is 0 Å². The van der Waals surface area contributed by atoms with E-state index in [1.165, 1.54) is 23.8 Å². The molecule has 0 aliphatic carbocycles. The zero-order valence-corrected chi connectivity index (χ0v) is 25.0. The van der Waals surface area contributed by atoms with Gasteiger partial charge in [-0.2, -0.15) is 0 Å². The molecule has 1 aliphatic rings. The Labute approximate surface area is 250 Å². The zero-order chi connectivity index (χ0) is 30.8. The van der Waals surface area contributed by atoms with E-state index in [2.05, 4.69) is 10.6 Å². The smallest absolute Gasteiger partial charge is 0.263 e. The summed E-state index contributed by atoms with van der Waals surface area (Å²) in [7, 11) is 5.01. The average molecular weight is 583 g/mol. The molecule has 1 saturated heterocycles. The van der Waals surface area contributed by atoms with Crippen molar-refractivity contribution in [3.63, 3.8) is 0 Å². The number of nitrogens with zero attached hydrogens (tertiary/aromatic N) is 2. The molecule has 0 saturated carbocycles. The molecule has 1 aromatic heterocycles. The number of rotatable bonds is 8. The van der Waals surface area contributed by atoms with Gasteiger partial charge in [-0.25, -0.2) is 4.39 Å². The SMILES string of the molecule is COc1cc(-c2cccc(-c3cccc(NC(=O)c4cccn(C)c4=O)c3C)c2C)cc(F)c1CN(C)C1CNC(=O)C1. The fourth-order valence-corrected chi connectivity index (χ4v) is 5.65. The number of pyridine rings is 1. The Hall–Kier alpha value is -4.76. The second kappa shape index (κ2) is 12.2. The molecule has 2 amide bonds. The van der Waals surface area contributed by atoms with Crippen molar-refractivity contribution in [1.29, 1.82) is 0 Å². The molecule has 1 aliphatic heterocycles. The summed E-state index contributed by atoms with van der Waals surface area (Å²) in [5.74, 6) is -0.413. The topological polar surface area (TPSA) is 92.7 Å². The van der Waals surface area contributed by atoms with Crippen LogP contribution in [0.25, 0.3) is 22.3 Å². The summed E-state index contributed by atoms with van der Waals surface area (Å²) < 4.78 is 22.6. The molecule has 9 heteroatoms. The summed E-state index contributed by atoms with van der Waals surface area (Å²) in [6.45, 7) is 4.75. The highest BCUT2D eigenvalue weighted by Gasteiger charge is 2.27. The standard InChI is InChI=1S/C34H35FN4O4/c1-20-24(22-15-29(35)28(31(16-22)43-5)19-39(4)23-17-32(40)36-18-23)9-6-10-25(20)26-11-7-13-30(21(26)2)37-33(41)27-12-8-14-38(3)34(27)42/h6-16,23H,17-19H2,1-5H3,(H,36,40)(H,37,41). The first kappa shape index (κ1) is 29.7. The van der Waals surface area contributed by atoms with E-state index in [9.17, 15) is 14.4 Å². The van der Waals surface area contributed by atoms with Crippen molar-refractivity contribution in [2.45, 2.75) is 32.9 Å². The van der Waals surface area contributed by atoms with Crippen LogP contribution in [0.5, 0.6) is 5.75 Å². The molecular formula is C34H35FN4O4. The van der Waals surface area contributed by atoms with Gasteiger partial charge in [0.2, 0.25) is 5.91 Å². The number of halogens is 1. The third-order valence-corrected chi connectivity index (χ3v) is 8.25. The molecule has 8 nitrogen and oxygen atoms in total. The highest BCUT2D eigenvalue weighted by atomic mass is 19.1.